The number of nitrogens with zero attached hydrogens (tertiary/aromatic N) is 1. The number of hydrogen-bond donors (Lipinski definition) is 0. The molecule has 2 heterocycles. The highest BCUT2D eigenvalue weighted by Gasteiger charge is 2.43. The highest BCUT2D eigenvalue weighted by molar-refractivity contribution is 9.10. The van der Waals surface area contributed by atoms with Gasteiger partial charge in [-0.2, -0.15) is 0 Å². The monoisotopic (exact) mass is 565 g/mol. The van der Waals surface area contributed by atoms with E-state index in [1.54, 1.807) is 42.3 Å². The van der Waals surface area contributed by atoms with E-state index in [1.165, 1.54) is 21.3 Å². The van der Waals surface area contributed by atoms with Crippen LogP contribution in [0.3, 0.4) is 0 Å². The summed E-state index contributed by atoms with van der Waals surface area (Å²) in [6.45, 7) is 0.230. The summed E-state index contributed by atoms with van der Waals surface area (Å²) in [6.07, 6.45) is 0. The van der Waals surface area contributed by atoms with Gasteiger partial charge in [0.15, 0.2) is 16.9 Å². The minimum absolute atomic E-state index is 0.0204. The molecule has 1 aliphatic heterocycles. The predicted octanol–water partition coefficient (Wildman–Crippen LogP) is 5.34. The Morgan fingerprint density at radius 2 is 1.54 bits per heavy atom. The Morgan fingerprint density at radius 3 is 2.14 bits per heavy atom. The van der Waals surface area contributed by atoms with Crippen LogP contribution in [0.15, 0.2) is 68.3 Å². The van der Waals surface area contributed by atoms with E-state index in [0.717, 1.165) is 10.0 Å². The van der Waals surface area contributed by atoms with Gasteiger partial charge in [0.05, 0.1) is 45.4 Å². The summed E-state index contributed by atoms with van der Waals surface area (Å²) in [4.78, 5) is 29.2. The van der Waals surface area contributed by atoms with E-state index >= 15 is 0 Å². The van der Waals surface area contributed by atoms with E-state index in [4.69, 9.17) is 23.4 Å². The molecule has 3 aromatic carbocycles. The molecule has 0 aliphatic carbocycles. The first-order chi connectivity index (χ1) is 17.9. The maximum absolute atomic E-state index is 13.9. The van der Waals surface area contributed by atoms with Gasteiger partial charge in [-0.15, -0.1) is 0 Å². The van der Waals surface area contributed by atoms with Crippen LogP contribution < -0.4 is 24.4 Å². The topological polar surface area (TPSA) is 87.4 Å². The highest BCUT2D eigenvalue weighted by atomic mass is 79.9. The summed E-state index contributed by atoms with van der Waals surface area (Å²) < 4.78 is 28.6. The van der Waals surface area contributed by atoms with E-state index < -0.39 is 6.04 Å². The molecule has 1 aromatic heterocycles. The number of hydrogen-bond acceptors (Lipinski definition) is 7. The lowest BCUT2D eigenvalue weighted by Gasteiger charge is -2.26. The molecule has 1 aliphatic rings. The minimum Gasteiger partial charge on any atom is -0.497 e. The summed E-state index contributed by atoms with van der Waals surface area (Å²) >= 11 is 3.43. The van der Waals surface area contributed by atoms with Crippen molar-refractivity contribution >= 4 is 32.8 Å². The number of methoxy groups -OCH3 is 4. The smallest absolute Gasteiger partial charge is 0.291 e. The predicted molar refractivity (Wildman–Crippen MR) is 141 cm³/mol. The van der Waals surface area contributed by atoms with Crippen molar-refractivity contribution in [2.45, 2.75) is 12.6 Å². The molecule has 0 N–H and O–H groups in total. The van der Waals surface area contributed by atoms with Crippen molar-refractivity contribution in [3.05, 3.63) is 91.7 Å². The molecule has 8 nitrogen and oxygen atoms in total. The molecule has 0 spiro atoms. The maximum atomic E-state index is 13.9. The molecule has 37 heavy (non-hydrogen) atoms. The summed E-state index contributed by atoms with van der Waals surface area (Å²) in [5, 5.41) is 0.379. The SMILES string of the molecule is COc1ccc(CN2C(=O)c3oc4ccc(Br)cc4c(=O)c3C2c2cc(OC)c(OC)c(OC)c2)cc1. The van der Waals surface area contributed by atoms with E-state index in [1.807, 2.05) is 24.3 Å². The van der Waals surface area contributed by atoms with Gasteiger partial charge in [-0.05, 0) is 53.6 Å². The molecule has 4 aromatic rings. The Labute approximate surface area is 221 Å². The lowest BCUT2D eigenvalue weighted by molar-refractivity contribution is 0.0714. The van der Waals surface area contributed by atoms with E-state index in [2.05, 4.69) is 15.9 Å². The molecular formula is C28H24BrNO7. The lowest BCUT2D eigenvalue weighted by atomic mass is 9.97. The van der Waals surface area contributed by atoms with Gasteiger partial charge in [0.1, 0.15) is 11.3 Å². The summed E-state index contributed by atoms with van der Waals surface area (Å²) in [7, 11) is 6.14. The van der Waals surface area contributed by atoms with Crippen molar-refractivity contribution in [3.63, 3.8) is 0 Å². The third-order valence-corrected chi connectivity index (χ3v) is 6.94. The summed E-state index contributed by atoms with van der Waals surface area (Å²) in [6, 6.07) is 15.3. The number of rotatable bonds is 7. The minimum atomic E-state index is -0.752. The first-order valence-corrected chi connectivity index (χ1v) is 12.2. The fraction of sp³-hybridized carbons (Fsp3) is 0.214. The van der Waals surface area contributed by atoms with Crippen molar-refractivity contribution in [3.8, 4) is 23.0 Å². The molecule has 5 rings (SSSR count). The molecule has 1 amide bonds. The van der Waals surface area contributed by atoms with E-state index in [0.29, 0.717) is 39.5 Å². The number of ether oxygens (including phenoxy) is 4. The second kappa shape index (κ2) is 9.82. The molecule has 0 radical (unpaired) electrons. The number of benzene rings is 3. The summed E-state index contributed by atoms with van der Waals surface area (Å²) in [5.74, 6) is 1.58. The van der Waals surface area contributed by atoms with Crippen molar-refractivity contribution in [2.24, 2.45) is 0 Å². The van der Waals surface area contributed by atoms with Gasteiger partial charge >= 0.3 is 0 Å². The van der Waals surface area contributed by atoms with Crippen LogP contribution in [0.2, 0.25) is 0 Å². The molecule has 0 saturated heterocycles. The van der Waals surface area contributed by atoms with Crippen LogP contribution in [-0.4, -0.2) is 39.2 Å². The van der Waals surface area contributed by atoms with Crippen LogP contribution in [-0.2, 0) is 6.54 Å². The zero-order valence-corrected chi connectivity index (χ0v) is 22.2. The number of carbonyl (C=O) groups excluding carboxylic acids is 1. The third kappa shape index (κ3) is 4.19. The third-order valence-electron chi connectivity index (χ3n) is 6.44. The van der Waals surface area contributed by atoms with Crippen molar-refractivity contribution in [2.75, 3.05) is 28.4 Å². The first-order valence-electron chi connectivity index (χ1n) is 11.4. The molecule has 0 bridgehead atoms. The summed E-state index contributed by atoms with van der Waals surface area (Å²) in [5.41, 5.74) is 1.81. The fourth-order valence-corrected chi connectivity index (χ4v) is 5.05. The molecular weight excluding hydrogens is 542 g/mol. The molecule has 0 fully saturated rings. The van der Waals surface area contributed by atoms with Gasteiger partial charge in [0, 0.05) is 11.0 Å². The highest BCUT2D eigenvalue weighted by Crippen LogP contribution is 2.45. The van der Waals surface area contributed by atoms with Crippen LogP contribution in [0.25, 0.3) is 11.0 Å². The quantitative estimate of drug-likeness (QED) is 0.299. The second-order valence-electron chi connectivity index (χ2n) is 8.46. The maximum Gasteiger partial charge on any atom is 0.291 e. The van der Waals surface area contributed by atoms with Gasteiger partial charge in [-0.3, -0.25) is 9.59 Å². The lowest BCUT2D eigenvalue weighted by Crippen LogP contribution is -2.29. The average molecular weight is 566 g/mol. The van der Waals surface area contributed by atoms with Crippen molar-refractivity contribution in [1.29, 1.82) is 0 Å². The molecule has 1 atom stereocenters. The molecule has 1 unspecified atom stereocenters. The largest absolute Gasteiger partial charge is 0.497 e. The van der Waals surface area contributed by atoms with Gasteiger partial charge in [-0.25, -0.2) is 0 Å². The zero-order chi connectivity index (χ0) is 26.3. The second-order valence-corrected chi connectivity index (χ2v) is 9.37. The van der Waals surface area contributed by atoms with Crippen LogP contribution in [0.4, 0.5) is 0 Å². The van der Waals surface area contributed by atoms with Gasteiger partial charge in [0.25, 0.3) is 5.91 Å². The fourth-order valence-electron chi connectivity index (χ4n) is 4.69. The number of fused-ring (bicyclic) bond motifs is 2. The molecule has 0 saturated carbocycles. The Balaban J connectivity index is 1.74. The van der Waals surface area contributed by atoms with Crippen LogP contribution in [0, 0.1) is 0 Å². The van der Waals surface area contributed by atoms with Crippen LogP contribution >= 0.6 is 15.9 Å². The number of carbonyl (C=O) groups is 1. The van der Waals surface area contributed by atoms with Crippen LogP contribution in [0.5, 0.6) is 23.0 Å². The number of halogens is 1. The Hall–Kier alpha value is -3.98. The Kier molecular flexibility index (Phi) is 6.55. The average Bonchev–Trinajstić information content (AvgIpc) is 3.19. The number of amides is 1. The Bertz CT molecular complexity index is 1540. The van der Waals surface area contributed by atoms with Crippen molar-refractivity contribution < 1.29 is 28.2 Å². The van der Waals surface area contributed by atoms with Crippen LogP contribution in [0.1, 0.15) is 33.3 Å². The normalized spacial score (nSPS) is 14.6. The zero-order valence-electron chi connectivity index (χ0n) is 20.7. The Morgan fingerprint density at radius 1 is 0.865 bits per heavy atom. The first kappa shape index (κ1) is 24.7. The van der Waals surface area contributed by atoms with Gasteiger partial charge in [-0.1, -0.05) is 28.1 Å². The molecule has 9 heteroatoms. The van der Waals surface area contributed by atoms with E-state index in [9.17, 15) is 9.59 Å². The molecule has 190 valence electrons. The van der Waals surface area contributed by atoms with E-state index in [-0.39, 0.29) is 29.2 Å². The van der Waals surface area contributed by atoms with Crippen molar-refractivity contribution in [1.82, 2.24) is 4.90 Å². The van der Waals surface area contributed by atoms with Gasteiger partial charge < -0.3 is 28.3 Å². The standard InChI is InChI=1S/C28H24BrNO7/c1-33-18-8-5-15(6-9-18)14-30-24(16-11-21(34-2)26(36-4)22(12-16)35-3)23-25(31)19-13-17(29)7-10-20(19)37-27(23)28(30)32/h5-13,24H,14H2,1-4H3. The van der Waals surface area contributed by atoms with Gasteiger partial charge in [0.2, 0.25) is 11.5 Å².